The second-order valence-corrected chi connectivity index (χ2v) is 4.12. The topological polar surface area (TPSA) is 57.5 Å². The molecule has 0 bridgehead atoms. The quantitative estimate of drug-likeness (QED) is 0.621. The Hall–Kier alpha value is -0.0600. The van der Waals surface area contributed by atoms with E-state index in [1.165, 1.54) is 11.8 Å². The summed E-state index contributed by atoms with van der Waals surface area (Å²) in [5.74, 6) is 1.55. The van der Waals surface area contributed by atoms with E-state index >= 15 is 0 Å². The van der Waals surface area contributed by atoms with Crippen LogP contribution in [0.4, 0.5) is 0 Å². The Labute approximate surface area is 76.2 Å². The summed E-state index contributed by atoms with van der Waals surface area (Å²) in [7, 11) is 0. The lowest BCUT2D eigenvalue weighted by Gasteiger charge is -2.04. The minimum Gasteiger partial charge on any atom is -0.394 e. The van der Waals surface area contributed by atoms with Crippen LogP contribution in [0.3, 0.4) is 0 Å². The van der Waals surface area contributed by atoms with Crippen LogP contribution >= 0.6 is 11.8 Å². The Morgan fingerprint density at radius 3 is 2.75 bits per heavy atom. The molecule has 2 N–H and O–H groups in total. The van der Waals surface area contributed by atoms with Gasteiger partial charge in [0, 0.05) is 11.7 Å². The van der Waals surface area contributed by atoms with Gasteiger partial charge < -0.3 is 10.2 Å². The molecular formula is C8H14O3S. The lowest BCUT2D eigenvalue weighted by molar-refractivity contribution is -0.117. The molecular weight excluding hydrogens is 176 g/mol. The first-order chi connectivity index (χ1) is 5.74. The lowest BCUT2D eigenvalue weighted by Crippen LogP contribution is -2.16. The average Bonchev–Trinajstić information content (AvgIpc) is 2.86. The highest BCUT2D eigenvalue weighted by molar-refractivity contribution is 8.00. The number of hydrogen-bond donors (Lipinski definition) is 2. The summed E-state index contributed by atoms with van der Waals surface area (Å²) in [4.78, 5) is 11.1. The van der Waals surface area contributed by atoms with Gasteiger partial charge in [0.1, 0.15) is 5.78 Å². The van der Waals surface area contributed by atoms with Crippen LogP contribution in [0.25, 0.3) is 0 Å². The SMILES string of the molecule is O=C(CSCC(O)CO)C1CC1. The van der Waals surface area contributed by atoms with Crippen LogP contribution in [0.2, 0.25) is 0 Å². The number of rotatable bonds is 6. The third-order valence-corrected chi connectivity index (χ3v) is 2.91. The molecule has 1 saturated carbocycles. The van der Waals surface area contributed by atoms with Crippen molar-refractivity contribution in [3.8, 4) is 0 Å². The van der Waals surface area contributed by atoms with Gasteiger partial charge in [0.25, 0.3) is 0 Å². The van der Waals surface area contributed by atoms with Gasteiger partial charge in [-0.05, 0) is 12.8 Å². The van der Waals surface area contributed by atoms with Crippen molar-refractivity contribution >= 4 is 17.5 Å². The van der Waals surface area contributed by atoms with E-state index in [1.54, 1.807) is 0 Å². The molecule has 1 rings (SSSR count). The zero-order valence-corrected chi connectivity index (χ0v) is 7.72. The minimum atomic E-state index is -0.679. The van der Waals surface area contributed by atoms with Crippen LogP contribution in [0.15, 0.2) is 0 Å². The van der Waals surface area contributed by atoms with Gasteiger partial charge in [0.2, 0.25) is 0 Å². The maximum atomic E-state index is 11.1. The Morgan fingerprint density at radius 2 is 2.25 bits per heavy atom. The van der Waals surface area contributed by atoms with E-state index in [2.05, 4.69) is 0 Å². The minimum absolute atomic E-state index is 0.218. The van der Waals surface area contributed by atoms with E-state index in [-0.39, 0.29) is 6.61 Å². The summed E-state index contributed by atoms with van der Waals surface area (Å²) in [6.07, 6.45) is 1.41. The summed E-state index contributed by atoms with van der Waals surface area (Å²) in [5, 5.41) is 17.4. The van der Waals surface area contributed by atoms with Gasteiger partial charge in [-0.1, -0.05) is 0 Å². The fraction of sp³-hybridized carbons (Fsp3) is 0.875. The van der Waals surface area contributed by atoms with Crippen molar-refractivity contribution in [1.29, 1.82) is 0 Å². The smallest absolute Gasteiger partial charge is 0.145 e. The number of aliphatic hydroxyl groups is 2. The zero-order valence-electron chi connectivity index (χ0n) is 6.90. The number of hydrogen-bond acceptors (Lipinski definition) is 4. The first-order valence-corrected chi connectivity index (χ1v) is 5.29. The van der Waals surface area contributed by atoms with Crippen molar-refractivity contribution in [3.63, 3.8) is 0 Å². The molecule has 1 atom stereocenters. The zero-order chi connectivity index (χ0) is 8.97. The predicted octanol–water partition coefficient (Wildman–Crippen LogP) is 0.0519. The van der Waals surface area contributed by atoms with Crippen molar-refractivity contribution in [2.45, 2.75) is 18.9 Å². The van der Waals surface area contributed by atoms with E-state index in [4.69, 9.17) is 10.2 Å². The summed E-state index contributed by atoms with van der Waals surface area (Å²) in [5.41, 5.74) is 0. The number of ketones is 1. The van der Waals surface area contributed by atoms with Crippen molar-refractivity contribution in [2.75, 3.05) is 18.1 Å². The van der Waals surface area contributed by atoms with Gasteiger partial charge in [-0.2, -0.15) is 11.8 Å². The highest BCUT2D eigenvalue weighted by atomic mass is 32.2. The highest BCUT2D eigenvalue weighted by Crippen LogP contribution is 2.30. The molecule has 0 aromatic heterocycles. The largest absolute Gasteiger partial charge is 0.394 e. The molecule has 12 heavy (non-hydrogen) atoms. The van der Waals surface area contributed by atoms with Crippen LogP contribution in [-0.4, -0.2) is 40.2 Å². The Bertz CT molecular complexity index is 156. The second kappa shape index (κ2) is 4.84. The summed E-state index contributed by atoms with van der Waals surface area (Å²) < 4.78 is 0. The third kappa shape index (κ3) is 3.56. The van der Waals surface area contributed by atoms with E-state index in [1.807, 2.05) is 0 Å². The second-order valence-electron chi connectivity index (χ2n) is 3.09. The molecule has 1 unspecified atom stereocenters. The highest BCUT2D eigenvalue weighted by Gasteiger charge is 2.28. The normalized spacial score (nSPS) is 19.2. The lowest BCUT2D eigenvalue weighted by atomic mass is 10.3. The van der Waals surface area contributed by atoms with Gasteiger partial charge in [0.05, 0.1) is 18.5 Å². The molecule has 70 valence electrons. The number of aliphatic hydroxyl groups excluding tert-OH is 2. The molecule has 4 heteroatoms. The Kier molecular flexibility index (Phi) is 4.05. The van der Waals surface area contributed by atoms with Gasteiger partial charge in [-0.25, -0.2) is 0 Å². The van der Waals surface area contributed by atoms with Crippen molar-refractivity contribution in [1.82, 2.24) is 0 Å². The standard InChI is InChI=1S/C8H14O3S/c9-3-7(10)4-12-5-8(11)6-1-2-6/h6-7,9-10H,1-5H2. The Morgan fingerprint density at radius 1 is 1.58 bits per heavy atom. The molecule has 0 aliphatic heterocycles. The van der Waals surface area contributed by atoms with Crippen LogP contribution in [-0.2, 0) is 4.79 Å². The van der Waals surface area contributed by atoms with Crippen molar-refractivity contribution < 1.29 is 15.0 Å². The molecule has 1 aliphatic rings. The van der Waals surface area contributed by atoms with Gasteiger partial charge >= 0.3 is 0 Å². The molecule has 1 fully saturated rings. The van der Waals surface area contributed by atoms with Gasteiger partial charge in [-0.15, -0.1) is 0 Å². The molecule has 0 radical (unpaired) electrons. The average molecular weight is 190 g/mol. The van der Waals surface area contributed by atoms with Crippen LogP contribution in [0.1, 0.15) is 12.8 Å². The molecule has 0 heterocycles. The first kappa shape index (κ1) is 10.0. The molecule has 1 aliphatic carbocycles. The maximum absolute atomic E-state index is 11.1. The first-order valence-electron chi connectivity index (χ1n) is 4.13. The van der Waals surface area contributed by atoms with E-state index in [0.29, 0.717) is 23.2 Å². The van der Waals surface area contributed by atoms with Crippen molar-refractivity contribution in [3.05, 3.63) is 0 Å². The molecule has 0 amide bonds. The molecule has 0 aromatic rings. The fourth-order valence-electron chi connectivity index (χ4n) is 0.871. The fourth-order valence-corrected chi connectivity index (χ4v) is 1.80. The van der Waals surface area contributed by atoms with E-state index in [9.17, 15) is 4.79 Å². The Balaban J connectivity index is 1.97. The van der Waals surface area contributed by atoms with Crippen molar-refractivity contribution in [2.24, 2.45) is 5.92 Å². The third-order valence-electron chi connectivity index (χ3n) is 1.80. The van der Waals surface area contributed by atoms with Crippen LogP contribution < -0.4 is 0 Å². The molecule has 0 saturated heterocycles. The van der Waals surface area contributed by atoms with Crippen LogP contribution in [0, 0.1) is 5.92 Å². The summed E-state index contributed by atoms with van der Waals surface area (Å²) >= 11 is 1.40. The number of thioether (sulfide) groups is 1. The monoisotopic (exact) mass is 190 g/mol. The van der Waals surface area contributed by atoms with E-state index < -0.39 is 6.10 Å². The van der Waals surface area contributed by atoms with Gasteiger partial charge in [-0.3, -0.25) is 4.79 Å². The van der Waals surface area contributed by atoms with E-state index in [0.717, 1.165) is 12.8 Å². The molecule has 0 spiro atoms. The van der Waals surface area contributed by atoms with Gasteiger partial charge in [0.15, 0.2) is 0 Å². The molecule has 3 nitrogen and oxygen atoms in total. The summed E-state index contributed by atoms with van der Waals surface area (Å²) in [6, 6.07) is 0. The van der Waals surface area contributed by atoms with Crippen LogP contribution in [0.5, 0.6) is 0 Å². The number of carbonyl (C=O) groups excluding carboxylic acids is 1. The number of Topliss-reactive ketones (excluding diaryl/α,β-unsaturated/α-hetero) is 1. The summed E-state index contributed by atoms with van der Waals surface area (Å²) in [6.45, 7) is -0.218. The number of carbonyl (C=O) groups is 1. The predicted molar refractivity (Wildman–Crippen MR) is 48.1 cm³/mol. The maximum Gasteiger partial charge on any atom is 0.145 e. The molecule has 0 aromatic carbocycles.